The number of nitrogens with zero attached hydrogens (tertiary/aromatic N) is 2. The normalized spacial score (nSPS) is 15.7. The number of carbonyl (C=O) groups is 1. The molecular weight excluding hydrogens is 216 g/mol. The van der Waals surface area contributed by atoms with Crippen molar-refractivity contribution in [2.75, 3.05) is 13.1 Å². The smallest absolute Gasteiger partial charge is 0.220 e. The molecule has 0 bridgehead atoms. The van der Waals surface area contributed by atoms with Gasteiger partial charge in [-0.25, -0.2) is 0 Å². The van der Waals surface area contributed by atoms with Crippen molar-refractivity contribution in [1.82, 2.24) is 20.4 Å². The highest BCUT2D eigenvalue weighted by molar-refractivity contribution is 5.76. The molecule has 1 fully saturated rings. The zero-order valence-corrected chi connectivity index (χ0v) is 10.7. The van der Waals surface area contributed by atoms with Crippen molar-refractivity contribution in [3.8, 4) is 0 Å². The quantitative estimate of drug-likeness (QED) is 0.788. The van der Waals surface area contributed by atoms with Crippen LogP contribution in [-0.4, -0.2) is 28.8 Å². The van der Waals surface area contributed by atoms with Crippen LogP contribution in [0, 0.1) is 19.8 Å². The molecule has 1 amide bonds. The lowest BCUT2D eigenvalue weighted by Crippen LogP contribution is -2.44. The molecule has 2 N–H and O–H groups in total. The van der Waals surface area contributed by atoms with E-state index in [1.54, 1.807) is 0 Å². The molecule has 1 saturated heterocycles. The van der Waals surface area contributed by atoms with Crippen LogP contribution >= 0.6 is 0 Å². The molecule has 0 unspecified atom stereocenters. The standard InChI is InChI=1S/C12H20N4O/c1-8-11(9(2)16(3)15-8)7-14-12(17)4-10-5-13-6-10/h10,13H,4-7H2,1-3H3,(H,14,17). The van der Waals surface area contributed by atoms with E-state index in [0.717, 1.165) is 30.0 Å². The Morgan fingerprint density at radius 3 is 2.71 bits per heavy atom. The fraction of sp³-hybridized carbons (Fsp3) is 0.667. The number of hydrogen-bond donors (Lipinski definition) is 2. The van der Waals surface area contributed by atoms with Crippen molar-refractivity contribution in [3.05, 3.63) is 17.0 Å². The maximum atomic E-state index is 11.7. The Labute approximate surface area is 102 Å². The number of rotatable bonds is 4. The molecule has 2 rings (SSSR count). The summed E-state index contributed by atoms with van der Waals surface area (Å²) in [6.07, 6.45) is 0.630. The van der Waals surface area contributed by atoms with Crippen LogP contribution in [0.15, 0.2) is 0 Å². The van der Waals surface area contributed by atoms with E-state index >= 15 is 0 Å². The molecule has 0 saturated carbocycles. The second-order valence-electron chi connectivity index (χ2n) is 4.78. The summed E-state index contributed by atoms with van der Waals surface area (Å²) in [5.74, 6) is 0.658. The summed E-state index contributed by atoms with van der Waals surface area (Å²) in [6.45, 7) is 6.53. The molecule has 0 spiro atoms. The van der Waals surface area contributed by atoms with E-state index in [1.807, 2.05) is 25.6 Å². The highest BCUT2D eigenvalue weighted by Gasteiger charge is 2.20. The first-order chi connectivity index (χ1) is 8.08. The number of aryl methyl sites for hydroxylation is 2. The van der Waals surface area contributed by atoms with Crippen LogP contribution in [0.1, 0.15) is 23.4 Å². The Kier molecular flexibility index (Phi) is 3.47. The number of carbonyl (C=O) groups excluding carboxylic acids is 1. The summed E-state index contributed by atoms with van der Waals surface area (Å²) in [6, 6.07) is 0. The first-order valence-corrected chi connectivity index (χ1v) is 6.04. The number of nitrogens with one attached hydrogen (secondary N) is 2. The van der Waals surface area contributed by atoms with Crippen LogP contribution in [0.25, 0.3) is 0 Å². The first kappa shape index (κ1) is 12.1. The van der Waals surface area contributed by atoms with Gasteiger partial charge in [0.2, 0.25) is 5.91 Å². The molecule has 94 valence electrons. The second-order valence-corrected chi connectivity index (χ2v) is 4.78. The average molecular weight is 236 g/mol. The Hall–Kier alpha value is -1.36. The minimum absolute atomic E-state index is 0.138. The van der Waals surface area contributed by atoms with Gasteiger partial charge in [-0.1, -0.05) is 0 Å². The van der Waals surface area contributed by atoms with Crippen LogP contribution < -0.4 is 10.6 Å². The predicted octanol–water partition coefficient (Wildman–Crippen LogP) is 0.263. The van der Waals surface area contributed by atoms with E-state index in [1.165, 1.54) is 0 Å². The van der Waals surface area contributed by atoms with Gasteiger partial charge in [0.25, 0.3) is 0 Å². The van der Waals surface area contributed by atoms with Gasteiger partial charge in [0.05, 0.1) is 5.69 Å². The Morgan fingerprint density at radius 2 is 2.24 bits per heavy atom. The minimum Gasteiger partial charge on any atom is -0.352 e. The Balaban J connectivity index is 1.86. The van der Waals surface area contributed by atoms with E-state index in [-0.39, 0.29) is 5.91 Å². The maximum Gasteiger partial charge on any atom is 0.220 e. The summed E-state index contributed by atoms with van der Waals surface area (Å²) < 4.78 is 1.85. The fourth-order valence-electron chi connectivity index (χ4n) is 2.09. The molecule has 1 aromatic heterocycles. The molecule has 0 aliphatic carbocycles. The molecule has 1 aliphatic heterocycles. The van der Waals surface area contributed by atoms with Crippen LogP contribution in [0.2, 0.25) is 0 Å². The van der Waals surface area contributed by atoms with Crippen molar-refractivity contribution in [3.63, 3.8) is 0 Å². The maximum absolute atomic E-state index is 11.7. The van der Waals surface area contributed by atoms with Crippen molar-refractivity contribution in [1.29, 1.82) is 0 Å². The third-order valence-corrected chi connectivity index (χ3v) is 3.46. The lowest BCUT2D eigenvalue weighted by atomic mass is 9.99. The highest BCUT2D eigenvalue weighted by atomic mass is 16.1. The van der Waals surface area contributed by atoms with E-state index < -0.39 is 0 Å². The summed E-state index contributed by atoms with van der Waals surface area (Å²) in [4.78, 5) is 11.7. The zero-order valence-electron chi connectivity index (χ0n) is 10.7. The van der Waals surface area contributed by atoms with Crippen molar-refractivity contribution < 1.29 is 4.79 Å². The van der Waals surface area contributed by atoms with Gasteiger partial charge in [-0.15, -0.1) is 0 Å². The number of aromatic nitrogens is 2. The summed E-state index contributed by atoms with van der Waals surface area (Å²) in [5.41, 5.74) is 3.25. The van der Waals surface area contributed by atoms with Gasteiger partial charge in [0.15, 0.2) is 0 Å². The van der Waals surface area contributed by atoms with E-state index in [9.17, 15) is 4.79 Å². The molecule has 17 heavy (non-hydrogen) atoms. The van der Waals surface area contributed by atoms with Crippen LogP contribution in [-0.2, 0) is 18.4 Å². The van der Waals surface area contributed by atoms with Gasteiger partial charge < -0.3 is 10.6 Å². The first-order valence-electron chi connectivity index (χ1n) is 6.04. The minimum atomic E-state index is 0.138. The largest absolute Gasteiger partial charge is 0.352 e. The van der Waals surface area contributed by atoms with E-state index in [0.29, 0.717) is 18.9 Å². The summed E-state index contributed by atoms with van der Waals surface area (Å²) in [7, 11) is 1.92. The molecule has 0 atom stereocenters. The van der Waals surface area contributed by atoms with Gasteiger partial charge in [0.1, 0.15) is 0 Å². The molecule has 1 aromatic rings. The van der Waals surface area contributed by atoms with Crippen LogP contribution in [0.5, 0.6) is 0 Å². The van der Waals surface area contributed by atoms with Crippen molar-refractivity contribution in [2.24, 2.45) is 13.0 Å². The molecule has 1 aliphatic rings. The predicted molar refractivity (Wildman–Crippen MR) is 65.5 cm³/mol. The lowest BCUT2D eigenvalue weighted by Gasteiger charge is -2.26. The third-order valence-electron chi connectivity index (χ3n) is 3.46. The molecule has 2 heterocycles. The van der Waals surface area contributed by atoms with Crippen molar-refractivity contribution >= 4 is 5.91 Å². The van der Waals surface area contributed by atoms with Crippen LogP contribution in [0.3, 0.4) is 0 Å². The van der Waals surface area contributed by atoms with E-state index in [2.05, 4.69) is 15.7 Å². The number of hydrogen-bond acceptors (Lipinski definition) is 3. The Morgan fingerprint density at radius 1 is 1.53 bits per heavy atom. The van der Waals surface area contributed by atoms with E-state index in [4.69, 9.17) is 0 Å². The topological polar surface area (TPSA) is 59.0 Å². The van der Waals surface area contributed by atoms with Gasteiger partial charge in [-0.05, 0) is 32.9 Å². The van der Waals surface area contributed by atoms with Crippen molar-refractivity contribution in [2.45, 2.75) is 26.8 Å². The lowest BCUT2D eigenvalue weighted by molar-refractivity contribution is -0.122. The summed E-state index contributed by atoms with van der Waals surface area (Å²) >= 11 is 0. The molecule has 0 aromatic carbocycles. The zero-order chi connectivity index (χ0) is 12.4. The Bertz CT molecular complexity index is 420. The third kappa shape index (κ3) is 2.66. The molecule has 0 radical (unpaired) electrons. The molecular formula is C12H20N4O. The van der Waals surface area contributed by atoms with Gasteiger partial charge in [-0.3, -0.25) is 9.48 Å². The van der Waals surface area contributed by atoms with Gasteiger partial charge >= 0.3 is 0 Å². The van der Waals surface area contributed by atoms with Crippen LogP contribution in [0.4, 0.5) is 0 Å². The SMILES string of the molecule is Cc1nn(C)c(C)c1CNC(=O)CC1CNC1. The monoisotopic (exact) mass is 236 g/mol. The molecule has 5 nitrogen and oxygen atoms in total. The van der Waals surface area contributed by atoms with Gasteiger partial charge in [-0.2, -0.15) is 5.10 Å². The second kappa shape index (κ2) is 4.87. The fourth-order valence-corrected chi connectivity index (χ4v) is 2.09. The highest BCUT2D eigenvalue weighted by Crippen LogP contribution is 2.12. The number of amides is 1. The van der Waals surface area contributed by atoms with Gasteiger partial charge in [0, 0.05) is 31.3 Å². The molecule has 5 heteroatoms. The summed E-state index contributed by atoms with van der Waals surface area (Å²) in [5, 5.41) is 10.5. The average Bonchev–Trinajstić information content (AvgIpc) is 2.45.